The first-order chi connectivity index (χ1) is 15.7. The summed E-state index contributed by atoms with van der Waals surface area (Å²) in [5.41, 5.74) is 1.04. The number of ether oxygens (including phenoxy) is 1. The average molecular weight is 488 g/mol. The minimum absolute atomic E-state index is 0.000140. The maximum Gasteiger partial charge on any atom is 0.270 e. The number of anilines is 1. The van der Waals surface area contributed by atoms with E-state index >= 15 is 0 Å². The number of benzene rings is 2. The highest BCUT2D eigenvalue weighted by molar-refractivity contribution is 7.99. The van der Waals surface area contributed by atoms with Crippen LogP contribution in [0.5, 0.6) is 5.75 Å². The molecule has 8 nitrogen and oxygen atoms in total. The van der Waals surface area contributed by atoms with Crippen molar-refractivity contribution in [3.8, 4) is 5.75 Å². The number of aromatic amines is 1. The minimum Gasteiger partial charge on any atom is -0.494 e. The van der Waals surface area contributed by atoms with Crippen LogP contribution in [0, 0.1) is 0 Å². The van der Waals surface area contributed by atoms with E-state index in [4.69, 9.17) is 4.74 Å². The van der Waals surface area contributed by atoms with Gasteiger partial charge < -0.3 is 15.0 Å². The van der Waals surface area contributed by atoms with Gasteiger partial charge in [0, 0.05) is 5.69 Å². The zero-order valence-electron chi connectivity index (χ0n) is 18.5. The van der Waals surface area contributed by atoms with Crippen LogP contribution in [0.15, 0.2) is 74.5 Å². The quantitative estimate of drug-likeness (QED) is 0.348. The van der Waals surface area contributed by atoms with Crippen LogP contribution in [-0.4, -0.2) is 36.7 Å². The highest BCUT2D eigenvalue weighted by Gasteiger charge is 2.22. The van der Waals surface area contributed by atoms with Gasteiger partial charge in [0.2, 0.25) is 15.7 Å². The maximum atomic E-state index is 12.8. The average Bonchev–Trinajstić information content (AvgIpc) is 2.78. The molecular formula is C23H25N3O5S2. The predicted molar refractivity (Wildman–Crippen MR) is 128 cm³/mol. The predicted octanol–water partition coefficient (Wildman–Crippen LogP) is 3.86. The van der Waals surface area contributed by atoms with E-state index in [1.54, 1.807) is 0 Å². The highest BCUT2D eigenvalue weighted by Crippen LogP contribution is 2.22. The molecule has 0 saturated heterocycles. The van der Waals surface area contributed by atoms with E-state index in [9.17, 15) is 18.0 Å². The van der Waals surface area contributed by atoms with Gasteiger partial charge in [0.05, 0.1) is 23.5 Å². The molecule has 0 unspecified atom stereocenters. The molecule has 0 aliphatic carbocycles. The summed E-state index contributed by atoms with van der Waals surface area (Å²) in [4.78, 5) is 30.6. The van der Waals surface area contributed by atoms with Crippen LogP contribution in [0.1, 0.15) is 32.3 Å². The number of nitrogens with one attached hydrogen (secondary N) is 2. The summed E-state index contributed by atoms with van der Waals surface area (Å²) in [6.07, 6.45) is 1.01. The van der Waals surface area contributed by atoms with Gasteiger partial charge >= 0.3 is 0 Å². The van der Waals surface area contributed by atoms with Gasteiger partial charge in [-0.1, -0.05) is 37.7 Å². The summed E-state index contributed by atoms with van der Waals surface area (Å²) >= 11 is 1.00. The summed E-state index contributed by atoms with van der Waals surface area (Å²) in [7, 11) is -4.05. The second kappa shape index (κ2) is 10.7. The fourth-order valence-electron chi connectivity index (χ4n) is 2.92. The van der Waals surface area contributed by atoms with E-state index in [0.717, 1.165) is 18.0 Å². The second-order valence-corrected chi connectivity index (χ2v) is 10.3. The number of rotatable bonds is 9. The van der Waals surface area contributed by atoms with E-state index in [0.29, 0.717) is 24.0 Å². The molecule has 2 aromatic carbocycles. The number of carbonyl (C=O) groups excluding carboxylic acids is 1. The van der Waals surface area contributed by atoms with Crippen LogP contribution in [0.3, 0.4) is 0 Å². The zero-order chi connectivity index (χ0) is 24.0. The molecule has 174 valence electrons. The SMILES string of the molecule is CCOc1ccc(S(=O)(=O)c2cnc(SCC(=O)Nc3ccc(C(C)C)cc3)[nH]c2=O)cc1. The third-order valence-corrected chi connectivity index (χ3v) is 7.33. The maximum absolute atomic E-state index is 12.8. The van der Waals surface area contributed by atoms with Gasteiger partial charge in [-0.05, 0) is 54.8 Å². The lowest BCUT2D eigenvalue weighted by Gasteiger charge is -2.08. The molecule has 0 spiro atoms. The van der Waals surface area contributed by atoms with Crippen molar-refractivity contribution in [2.75, 3.05) is 17.7 Å². The number of carbonyl (C=O) groups is 1. The molecule has 0 bridgehead atoms. The lowest BCUT2D eigenvalue weighted by atomic mass is 10.0. The third-order valence-electron chi connectivity index (χ3n) is 4.68. The molecule has 2 N–H and O–H groups in total. The van der Waals surface area contributed by atoms with E-state index in [1.807, 2.05) is 31.2 Å². The van der Waals surface area contributed by atoms with Crippen molar-refractivity contribution in [3.63, 3.8) is 0 Å². The van der Waals surface area contributed by atoms with Gasteiger partial charge in [-0.2, -0.15) is 0 Å². The van der Waals surface area contributed by atoms with Crippen LogP contribution in [-0.2, 0) is 14.6 Å². The molecule has 0 aliphatic heterocycles. The molecule has 1 amide bonds. The number of nitrogens with zero attached hydrogens (tertiary/aromatic N) is 1. The number of aromatic nitrogens is 2. The Morgan fingerprint density at radius 2 is 1.79 bits per heavy atom. The van der Waals surface area contributed by atoms with Gasteiger partial charge in [-0.25, -0.2) is 13.4 Å². The monoisotopic (exact) mass is 487 g/mol. The Bertz CT molecular complexity index is 1270. The number of sulfone groups is 1. The Labute approximate surface area is 196 Å². The lowest BCUT2D eigenvalue weighted by molar-refractivity contribution is -0.113. The number of hydrogen-bond acceptors (Lipinski definition) is 7. The fraction of sp³-hybridized carbons (Fsp3) is 0.261. The molecule has 0 radical (unpaired) electrons. The Morgan fingerprint density at radius 1 is 1.12 bits per heavy atom. The smallest absolute Gasteiger partial charge is 0.270 e. The molecule has 0 fully saturated rings. The normalized spacial score (nSPS) is 11.4. The van der Waals surface area contributed by atoms with Crippen molar-refractivity contribution >= 4 is 33.2 Å². The van der Waals surface area contributed by atoms with Gasteiger partial charge in [-0.3, -0.25) is 9.59 Å². The van der Waals surface area contributed by atoms with Crippen molar-refractivity contribution in [2.45, 2.75) is 41.6 Å². The minimum atomic E-state index is -4.05. The standard InChI is InChI=1S/C23H25N3O5S2/c1-4-31-18-9-11-19(12-10-18)33(29,30)20-13-24-23(26-22(20)28)32-14-21(27)25-17-7-5-16(6-8-17)15(2)3/h5-13,15H,4,14H2,1-3H3,(H,25,27)(H,24,26,28). The summed E-state index contributed by atoms with van der Waals surface area (Å²) in [6.45, 7) is 6.46. The molecule has 0 atom stereocenters. The Morgan fingerprint density at radius 3 is 2.36 bits per heavy atom. The van der Waals surface area contributed by atoms with Crippen molar-refractivity contribution in [3.05, 3.63) is 70.6 Å². The topological polar surface area (TPSA) is 118 Å². The summed E-state index contributed by atoms with van der Waals surface area (Å²) < 4.78 is 30.9. The van der Waals surface area contributed by atoms with Gasteiger partial charge in [0.1, 0.15) is 5.75 Å². The summed E-state index contributed by atoms with van der Waals surface area (Å²) in [6, 6.07) is 13.4. The third kappa shape index (κ3) is 6.23. The molecule has 1 heterocycles. The van der Waals surface area contributed by atoms with E-state index in [-0.39, 0.29) is 21.7 Å². The molecule has 10 heteroatoms. The molecule has 3 aromatic rings. The Kier molecular flexibility index (Phi) is 7.93. The van der Waals surface area contributed by atoms with E-state index in [2.05, 4.69) is 29.1 Å². The van der Waals surface area contributed by atoms with Crippen LogP contribution in [0.2, 0.25) is 0 Å². The van der Waals surface area contributed by atoms with Crippen LogP contribution in [0.4, 0.5) is 5.69 Å². The van der Waals surface area contributed by atoms with Crippen molar-refractivity contribution in [1.82, 2.24) is 9.97 Å². The van der Waals surface area contributed by atoms with Crippen molar-refractivity contribution in [2.24, 2.45) is 0 Å². The first-order valence-corrected chi connectivity index (χ1v) is 12.8. The number of amides is 1. The fourth-order valence-corrected chi connectivity index (χ4v) is 4.79. The van der Waals surface area contributed by atoms with Crippen molar-refractivity contribution in [1.29, 1.82) is 0 Å². The Hall–Kier alpha value is -3.11. The molecule has 0 saturated carbocycles. The van der Waals surface area contributed by atoms with Crippen LogP contribution < -0.4 is 15.6 Å². The molecule has 0 aliphatic rings. The lowest BCUT2D eigenvalue weighted by Crippen LogP contribution is -2.20. The molecule has 3 rings (SSSR count). The molecule has 1 aromatic heterocycles. The number of hydrogen-bond donors (Lipinski definition) is 2. The zero-order valence-corrected chi connectivity index (χ0v) is 20.1. The molecule has 33 heavy (non-hydrogen) atoms. The van der Waals surface area contributed by atoms with Crippen LogP contribution in [0.25, 0.3) is 0 Å². The second-order valence-electron chi connectivity index (χ2n) is 7.40. The first-order valence-electron chi connectivity index (χ1n) is 10.3. The highest BCUT2D eigenvalue weighted by atomic mass is 32.2. The largest absolute Gasteiger partial charge is 0.494 e. The van der Waals surface area contributed by atoms with Gasteiger partial charge in [-0.15, -0.1) is 0 Å². The van der Waals surface area contributed by atoms with E-state index < -0.39 is 20.3 Å². The van der Waals surface area contributed by atoms with Gasteiger partial charge in [0.15, 0.2) is 10.1 Å². The summed E-state index contributed by atoms with van der Waals surface area (Å²) in [5, 5.41) is 2.93. The van der Waals surface area contributed by atoms with Crippen LogP contribution >= 0.6 is 11.8 Å². The van der Waals surface area contributed by atoms with Gasteiger partial charge in [0.25, 0.3) is 5.56 Å². The molecular weight excluding hydrogens is 462 g/mol. The summed E-state index contributed by atoms with van der Waals surface area (Å²) in [5.74, 6) is 0.657. The number of thioether (sulfide) groups is 1. The first kappa shape index (κ1) is 24.5. The Balaban J connectivity index is 1.65. The van der Waals surface area contributed by atoms with E-state index in [1.165, 1.54) is 29.8 Å². The van der Waals surface area contributed by atoms with Crippen molar-refractivity contribution < 1.29 is 17.9 Å². The number of H-pyrrole nitrogens is 1.